The molecule has 5 rings (SSSR count). The van der Waals surface area contributed by atoms with E-state index < -0.39 is 102 Å². The molecule has 3 aliphatic rings. The largest absolute Gasteiger partial charge is 0.508 e. The fourth-order valence-corrected chi connectivity index (χ4v) is 7.56. The number of phenols is 2. The van der Waals surface area contributed by atoms with Gasteiger partial charge >= 0.3 is 0 Å². The second kappa shape index (κ2) is 18.9. The first-order valence-electron chi connectivity index (χ1n) is 19.3. The van der Waals surface area contributed by atoms with Gasteiger partial charge in [-0.1, -0.05) is 31.2 Å². The first-order chi connectivity index (χ1) is 27.4. The summed E-state index contributed by atoms with van der Waals surface area (Å²) in [5.74, 6) is -5.96. The fraction of sp³-hybridized carbons (Fsp3) is 0.538. The summed E-state index contributed by atoms with van der Waals surface area (Å²) in [4.78, 5) is 85.6. The molecular weight excluding hydrogens is 758 g/mol. The van der Waals surface area contributed by atoms with E-state index in [0.717, 1.165) is 9.80 Å². The number of benzene rings is 2. The van der Waals surface area contributed by atoms with Gasteiger partial charge in [-0.2, -0.15) is 0 Å². The number of hydrogen-bond acceptors (Lipinski definition) is 13. The molecule has 0 aromatic heterocycles. The van der Waals surface area contributed by atoms with Crippen LogP contribution >= 0.6 is 0 Å². The van der Waals surface area contributed by atoms with Crippen molar-refractivity contribution < 1.29 is 59.4 Å². The minimum absolute atomic E-state index is 0.0202. The van der Waals surface area contributed by atoms with E-state index >= 15 is 0 Å². The number of nitrogens with two attached hydrogens (primary N) is 1. The first kappa shape index (κ1) is 43.8. The van der Waals surface area contributed by atoms with Gasteiger partial charge in [-0.15, -0.1) is 0 Å². The second-order valence-electron chi connectivity index (χ2n) is 15.4. The summed E-state index contributed by atoms with van der Waals surface area (Å²) in [6.07, 6.45) is -6.26. The number of carbonyl (C=O) groups is 6. The molecule has 3 aliphatic heterocycles. The second-order valence-corrected chi connectivity index (χ2v) is 15.4. The van der Waals surface area contributed by atoms with Crippen molar-refractivity contribution in [3.63, 3.8) is 0 Å². The topological polar surface area (TPSA) is 304 Å². The molecule has 0 spiro atoms. The molecule has 19 heteroatoms. The monoisotopic (exact) mass is 811 g/mol. The van der Waals surface area contributed by atoms with E-state index in [1.165, 1.54) is 55.5 Å². The zero-order valence-corrected chi connectivity index (χ0v) is 32.2. The summed E-state index contributed by atoms with van der Waals surface area (Å²) in [6.45, 7) is 2.35. The number of aliphatic hydroxyl groups excluding tert-OH is 4. The molecule has 3 saturated heterocycles. The standard InChI is InChI=1S/C39H53N7O12/c1-19-17-46-32(33(19)52)37(56)41-13-3-4-26(40)34(53)42-27(14-21-5-9-23(48)10-6-21)38(57)45-18-25(50)16-28(45)35(54)44-31(36(55)43-30(20(2)47)39(46)58)29(51)15-22-7-11-24(49)12-8-22/h5-12,19-20,25-33,47-52H,3-4,13-18,40H2,1-2H3,(H,41,56)(H,42,53)(H,43,55)(H,44,54)/t19-,20?,25+,26-,27-,28-,29+,30-,31-,32-,33-/m0/s1. The van der Waals surface area contributed by atoms with E-state index in [-0.39, 0.29) is 63.2 Å². The highest BCUT2D eigenvalue weighted by atomic mass is 16.3. The molecule has 0 radical (unpaired) electrons. The molecule has 0 aliphatic carbocycles. The molecular formula is C39H53N7O12. The third-order valence-corrected chi connectivity index (χ3v) is 10.9. The van der Waals surface area contributed by atoms with Gasteiger partial charge in [-0.05, 0) is 55.2 Å². The lowest BCUT2D eigenvalue weighted by Gasteiger charge is -2.33. The van der Waals surface area contributed by atoms with Crippen molar-refractivity contribution in [1.82, 2.24) is 31.1 Å². The van der Waals surface area contributed by atoms with Crippen LogP contribution in [0.1, 0.15) is 44.2 Å². The van der Waals surface area contributed by atoms with Crippen LogP contribution in [0.15, 0.2) is 48.5 Å². The molecule has 0 bridgehead atoms. The van der Waals surface area contributed by atoms with E-state index in [1.54, 1.807) is 6.92 Å². The molecule has 2 aromatic carbocycles. The van der Waals surface area contributed by atoms with E-state index in [0.29, 0.717) is 11.1 Å². The van der Waals surface area contributed by atoms with E-state index in [1.807, 2.05) is 0 Å². The van der Waals surface area contributed by atoms with Crippen molar-refractivity contribution in [3.8, 4) is 11.5 Å². The molecule has 0 saturated carbocycles. The molecule has 2 aromatic rings. The van der Waals surface area contributed by atoms with Crippen LogP contribution < -0.4 is 27.0 Å². The summed E-state index contributed by atoms with van der Waals surface area (Å²) in [7, 11) is 0. The van der Waals surface area contributed by atoms with Crippen LogP contribution in [-0.2, 0) is 41.6 Å². The molecule has 1 unspecified atom stereocenters. The zero-order chi connectivity index (χ0) is 42.4. The molecule has 3 heterocycles. The van der Waals surface area contributed by atoms with Crippen LogP contribution in [0.4, 0.5) is 0 Å². The summed E-state index contributed by atoms with van der Waals surface area (Å²) in [6, 6.07) is 2.59. The van der Waals surface area contributed by atoms with Crippen LogP contribution in [0.2, 0.25) is 0 Å². The summed E-state index contributed by atoms with van der Waals surface area (Å²) < 4.78 is 0. The Bertz CT molecular complexity index is 1810. The SMILES string of the molecule is CC(O)[C@@H]1NC(=O)[C@H]([C@H](O)Cc2ccc(O)cc2)NC(=O)[C@@H]2C[C@@H](O)CN2C(=O)[C@H](Cc2ccc(O)cc2)NC(=O)[C@@H](N)CCCNC(=O)[C@@H]2[C@@H](O)[C@@H](C)CN2C1=O. The highest BCUT2D eigenvalue weighted by molar-refractivity contribution is 5.97. The Morgan fingerprint density at radius 2 is 1.36 bits per heavy atom. The smallest absolute Gasteiger partial charge is 0.248 e. The van der Waals surface area contributed by atoms with Crippen molar-refractivity contribution in [2.75, 3.05) is 19.6 Å². The number of nitrogens with zero attached hydrogens (tertiary/aromatic N) is 2. The summed E-state index contributed by atoms with van der Waals surface area (Å²) in [5.41, 5.74) is 7.18. The number of fused-ring (bicyclic) bond motifs is 2. The van der Waals surface area contributed by atoms with Crippen molar-refractivity contribution in [2.24, 2.45) is 11.7 Å². The number of rotatable bonds is 6. The van der Waals surface area contributed by atoms with Crippen LogP contribution in [0, 0.1) is 5.92 Å². The third kappa shape index (κ3) is 10.4. The average Bonchev–Trinajstić information content (AvgIpc) is 3.72. The Balaban J connectivity index is 1.52. The Morgan fingerprint density at radius 1 is 0.759 bits per heavy atom. The van der Waals surface area contributed by atoms with E-state index in [4.69, 9.17) is 5.73 Å². The zero-order valence-electron chi connectivity index (χ0n) is 32.2. The fourth-order valence-electron chi connectivity index (χ4n) is 7.56. The van der Waals surface area contributed by atoms with Gasteiger partial charge < -0.3 is 67.4 Å². The quantitative estimate of drug-likeness (QED) is 0.135. The number of hydrogen-bond donors (Lipinski definition) is 11. The van der Waals surface area contributed by atoms with Crippen molar-refractivity contribution in [1.29, 1.82) is 0 Å². The lowest BCUT2D eigenvalue weighted by Crippen LogP contribution is -2.63. The highest BCUT2D eigenvalue weighted by Gasteiger charge is 2.49. The van der Waals surface area contributed by atoms with Gasteiger partial charge in [0.25, 0.3) is 0 Å². The normalized spacial score (nSPS) is 30.6. The van der Waals surface area contributed by atoms with Crippen molar-refractivity contribution >= 4 is 35.4 Å². The lowest BCUT2D eigenvalue weighted by atomic mass is 9.99. The summed E-state index contributed by atoms with van der Waals surface area (Å²) >= 11 is 0. The Kier molecular flexibility index (Phi) is 14.3. The predicted octanol–water partition coefficient (Wildman–Crippen LogP) is -3.51. The van der Waals surface area contributed by atoms with Gasteiger partial charge in [0.05, 0.1) is 30.5 Å². The van der Waals surface area contributed by atoms with Gasteiger partial charge in [0.1, 0.15) is 41.7 Å². The van der Waals surface area contributed by atoms with Crippen molar-refractivity contribution in [2.45, 2.75) is 107 Å². The Hall–Kier alpha value is -5.34. The molecule has 11 atom stereocenters. The maximum Gasteiger partial charge on any atom is 0.248 e. The number of aliphatic hydroxyl groups is 4. The highest BCUT2D eigenvalue weighted by Crippen LogP contribution is 2.26. The van der Waals surface area contributed by atoms with Gasteiger partial charge in [0.15, 0.2) is 0 Å². The maximum atomic E-state index is 14.3. The molecule has 316 valence electrons. The van der Waals surface area contributed by atoms with Crippen LogP contribution in [0.25, 0.3) is 0 Å². The predicted molar refractivity (Wildman–Crippen MR) is 204 cm³/mol. The Morgan fingerprint density at radius 3 is 1.98 bits per heavy atom. The maximum absolute atomic E-state index is 14.3. The average molecular weight is 812 g/mol. The number of amides is 6. The van der Waals surface area contributed by atoms with Gasteiger partial charge in [-0.3, -0.25) is 28.8 Å². The van der Waals surface area contributed by atoms with E-state index in [9.17, 15) is 59.4 Å². The molecule has 19 nitrogen and oxygen atoms in total. The van der Waals surface area contributed by atoms with E-state index in [2.05, 4.69) is 21.3 Å². The lowest BCUT2D eigenvalue weighted by molar-refractivity contribution is -0.146. The van der Waals surface area contributed by atoms with Crippen LogP contribution in [0.5, 0.6) is 11.5 Å². The molecule has 6 amide bonds. The first-order valence-corrected chi connectivity index (χ1v) is 19.3. The Labute approximate surface area is 334 Å². The van der Waals surface area contributed by atoms with Crippen LogP contribution in [-0.4, -0.2) is 156 Å². The molecule has 3 fully saturated rings. The molecule has 58 heavy (non-hydrogen) atoms. The van der Waals surface area contributed by atoms with Gasteiger partial charge in [-0.25, -0.2) is 0 Å². The summed E-state index contributed by atoms with van der Waals surface area (Å²) in [5, 5.41) is 73.8. The molecule has 12 N–H and O–H groups in total. The minimum Gasteiger partial charge on any atom is -0.508 e. The number of phenolic OH excluding ortho intramolecular Hbond substituents is 2. The number of aromatic hydroxyl groups is 2. The number of carbonyl (C=O) groups excluding carboxylic acids is 6. The third-order valence-electron chi connectivity index (χ3n) is 10.9. The minimum atomic E-state index is -1.84. The van der Waals surface area contributed by atoms with Gasteiger partial charge in [0.2, 0.25) is 35.4 Å². The van der Waals surface area contributed by atoms with Crippen molar-refractivity contribution in [3.05, 3.63) is 59.7 Å². The number of nitrogens with one attached hydrogen (secondary N) is 4. The van der Waals surface area contributed by atoms with Crippen LogP contribution in [0.3, 0.4) is 0 Å². The van der Waals surface area contributed by atoms with Gasteiger partial charge in [0, 0.05) is 44.8 Å².